The van der Waals surface area contributed by atoms with Crippen LogP contribution in [0.15, 0.2) is 42.5 Å². The van der Waals surface area contributed by atoms with Crippen molar-refractivity contribution < 1.29 is 14.3 Å². The number of anilines is 1. The van der Waals surface area contributed by atoms with Crippen LogP contribution in [0.5, 0.6) is 5.75 Å². The SMILES string of the molecule is CC[C@H](N[C@@H](C)C(=O)NCC(=O)Nc1c(C)cccc1C)c1ccc(OC)cc1. The number of para-hydroxylation sites is 1. The number of hydrogen-bond acceptors (Lipinski definition) is 4. The molecule has 0 saturated heterocycles. The van der Waals surface area contributed by atoms with Crippen molar-refractivity contribution in [1.29, 1.82) is 0 Å². The average Bonchev–Trinajstić information content (AvgIpc) is 2.72. The molecule has 0 aliphatic rings. The number of aryl methyl sites for hydroxylation is 2. The quantitative estimate of drug-likeness (QED) is 0.605. The van der Waals surface area contributed by atoms with Crippen molar-refractivity contribution in [1.82, 2.24) is 10.6 Å². The molecule has 2 aromatic rings. The first-order chi connectivity index (χ1) is 13.8. The van der Waals surface area contributed by atoms with E-state index in [-0.39, 0.29) is 24.4 Å². The van der Waals surface area contributed by atoms with Crippen molar-refractivity contribution in [3.8, 4) is 5.75 Å². The minimum atomic E-state index is -0.435. The minimum Gasteiger partial charge on any atom is -0.497 e. The van der Waals surface area contributed by atoms with E-state index < -0.39 is 6.04 Å². The highest BCUT2D eigenvalue weighted by Crippen LogP contribution is 2.21. The number of carbonyl (C=O) groups is 2. The Morgan fingerprint density at radius 2 is 1.66 bits per heavy atom. The van der Waals surface area contributed by atoms with Crippen molar-refractivity contribution >= 4 is 17.5 Å². The number of amides is 2. The lowest BCUT2D eigenvalue weighted by molar-refractivity contribution is -0.125. The van der Waals surface area contributed by atoms with Gasteiger partial charge in [0.2, 0.25) is 11.8 Å². The van der Waals surface area contributed by atoms with Crippen LogP contribution in [0, 0.1) is 13.8 Å². The Kier molecular flexibility index (Phi) is 8.21. The third-order valence-electron chi connectivity index (χ3n) is 4.94. The molecule has 29 heavy (non-hydrogen) atoms. The largest absolute Gasteiger partial charge is 0.497 e. The molecular weight excluding hydrogens is 366 g/mol. The second-order valence-electron chi connectivity index (χ2n) is 7.16. The van der Waals surface area contributed by atoms with Gasteiger partial charge in [0.1, 0.15) is 5.75 Å². The summed E-state index contributed by atoms with van der Waals surface area (Å²) in [6.07, 6.45) is 0.830. The molecule has 0 saturated carbocycles. The number of ether oxygens (including phenoxy) is 1. The van der Waals surface area contributed by atoms with Gasteiger partial charge in [0.25, 0.3) is 0 Å². The van der Waals surface area contributed by atoms with E-state index in [1.807, 2.05) is 56.3 Å². The molecule has 2 aromatic carbocycles. The van der Waals surface area contributed by atoms with Gasteiger partial charge in [-0.05, 0) is 56.0 Å². The average molecular weight is 398 g/mol. The second-order valence-corrected chi connectivity index (χ2v) is 7.16. The van der Waals surface area contributed by atoms with Crippen LogP contribution in [0.3, 0.4) is 0 Å². The molecule has 2 rings (SSSR count). The summed E-state index contributed by atoms with van der Waals surface area (Å²) in [5, 5.41) is 8.91. The van der Waals surface area contributed by atoms with Crippen LogP contribution in [0.25, 0.3) is 0 Å². The van der Waals surface area contributed by atoms with E-state index in [1.165, 1.54) is 0 Å². The Bertz CT molecular complexity index is 814. The predicted octanol–water partition coefficient (Wildman–Crippen LogP) is 3.50. The topological polar surface area (TPSA) is 79.5 Å². The molecule has 0 heterocycles. The fourth-order valence-corrected chi connectivity index (χ4v) is 3.18. The van der Waals surface area contributed by atoms with E-state index in [0.717, 1.165) is 34.5 Å². The summed E-state index contributed by atoms with van der Waals surface area (Å²) >= 11 is 0. The van der Waals surface area contributed by atoms with Gasteiger partial charge >= 0.3 is 0 Å². The smallest absolute Gasteiger partial charge is 0.243 e. The number of nitrogens with one attached hydrogen (secondary N) is 3. The summed E-state index contributed by atoms with van der Waals surface area (Å²) in [6, 6.07) is 13.2. The lowest BCUT2D eigenvalue weighted by Gasteiger charge is -2.22. The first-order valence-electron chi connectivity index (χ1n) is 9.89. The van der Waals surface area contributed by atoms with E-state index in [0.29, 0.717) is 0 Å². The Morgan fingerprint density at radius 1 is 1.03 bits per heavy atom. The van der Waals surface area contributed by atoms with Gasteiger partial charge in [0.05, 0.1) is 19.7 Å². The second kappa shape index (κ2) is 10.6. The van der Waals surface area contributed by atoms with Gasteiger partial charge in [-0.15, -0.1) is 0 Å². The summed E-state index contributed by atoms with van der Waals surface area (Å²) < 4.78 is 5.19. The lowest BCUT2D eigenvalue weighted by atomic mass is 10.0. The molecule has 0 radical (unpaired) electrons. The van der Waals surface area contributed by atoms with Gasteiger partial charge in [-0.3, -0.25) is 14.9 Å². The highest BCUT2D eigenvalue weighted by molar-refractivity contribution is 5.96. The summed E-state index contributed by atoms with van der Waals surface area (Å²) in [4.78, 5) is 24.7. The molecule has 0 fully saturated rings. The molecular formula is C23H31N3O3. The highest BCUT2D eigenvalue weighted by atomic mass is 16.5. The maximum absolute atomic E-state index is 12.4. The Morgan fingerprint density at radius 3 is 2.21 bits per heavy atom. The summed E-state index contributed by atoms with van der Waals surface area (Å²) in [6.45, 7) is 7.67. The first kappa shape index (κ1) is 22.4. The number of carbonyl (C=O) groups excluding carboxylic acids is 2. The third kappa shape index (κ3) is 6.32. The molecule has 0 aliphatic heterocycles. The van der Waals surface area contributed by atoms with Crippen molar-refractivity contribution in [3.05, 3.63) is 59.2 Å². The molecule has 156 valence electrons. The Labute approximate surface area is 173 Å². The fraction of sp³-hybridized carbons (Fsp3) is 0.391. The van der Waals surface area contributed by atoms with Crippen LogP contribution in [0.2, 0.25) is 0 Å². The van der Waals surface area contributed by atoms with Gasteiger partial charge < -0.3 is 15.4 Å². The minimum absolute atomic E-state index is 0.0325. The van der Waals surface area contributed by atoms with Crippen LogP contribution < -0.4 is 20.7 Å². The molecule has 0 aliphatic carbocycles. The monoisotopic (exact) mass is 397 g/mol. The molecule has 2 atom stereocenters. The zero-order chi connectivity index (χ0) is 21.4. The van der Waals surface area contributed by atoms with Crippen LogP contribution in [0.1, 0.15) is 43.0 Å². The zero-order valence-electron chi connectivity index (χ0n) is 17.8. The van der Waals surface area contributed by atoms with E-state index in [4.69, 9.17) is 4.74 Å². The normalized spacial score (nSPS) is 12.7. The predicted molar refractivity (Wildman–Crippen MR) is 116 cm³/mol. The number of hydrogen-bond donors (Lipinski definition) is 3. The maximum atomic E-state index is 12.4. The molecule has 6 heteroatoms. The van der Waals surface area contributed by atoms with Crippen molar-refractivity contribution in [3.63, 3.8) is 0 Å². The van der Waals surface area contributed by atoms with Crippen LogP contribution in [0.4, 0.5) is 5.69 Å². The van der Waals surface area contributed by atoms with E-state index in [1.54, 1.807) is 14.0 Å². The third-order valence-corrected chi connectivity index (χ3v) is 4.94. The van der Waals surface area contributed by atoms with Crippen LogP contribution in [-0.2, 0) is 9.59 Å². The van der Waals surface area contributed by atoms with Gasteiger partial charge in [-0.1, -0.05) is 37.3 Å². The lowest BCUT2D eigenvalue weighted by Crippen LogP contribution is -2.45. The first-order valence-corrected chi connectivity index (χ1v) is 9.89. The van der Waals surface area contributed by atoms with Gasteiger partial charge in [0, 0.05) is 11.7 Å². The molecule has 6 nitrogen and oxygen atoms in total. The summed E-state index contributed by atoms with van der Waals surface area (Å²) in [7, 11) is 1.63. The van der Waals surface area contributed by atoms with Gasteiger partial charge in [0.15, 0.2) is 0 Å². The summed E-state index contributed by atoms with van der Waals surface area (Å²) in [5.41, 5.74) is 3.86. The number of rotatable bonds is 9. The summed E-state index contributed by atoms with van der Waals surface area (Å²) in [5.74, 6) is 0.336. The number of benzene rings is 2. The molecule has 2 amide bonds. The van der Waals surface area contributed by atoms with E-state index >= 15 is 0 Å². The van der Waals surface area contributed by atoms with Gasteiger partial charge in [-0.2, -0.15) is 0 Å². The highest BCUT2D eigenvalue weighted by Gasteiger charge is 2.19. The van der Waals surface area contributed by atoms with E-state index in [9.17, 15) is 9.59 Å². The fourth-order valence-electron chi connectivity index (χ4n) is 3.18. The maximum Gasteiger partial charge on any atom is 0.243 e. The Balaban J connectivity index is 1.88. The Hall–Kier alpha value is -2.86. The van der Waals surface area contributed by atoms with Gasteiger partial charge in [-0.25, -0.2) is 0 Å². The molecule has 0 aromatic heterocycles. The molecule has 3 N–H and O–H groups in total. The zero-order valence-corrected chi connectivity index (χ0v) is 17.8. The van der Waals surface area contributed by atoms with Crippen LogP contribution in [-0.4, -0.2) is 31.5 Å². The van der Waals surface area contributed by atoms with Crippen molar-refractivity contribution in [2.45, 2.75) is 46.2 Å². The van der Waals surface area contributed by atoms with Crippen molar-refractivity contribution in [2.24, 2.45) is 0 Å². The molecule has 0 unspecified atom stereocenters. The molecule has 0 bridgehead atoms. The molecule has 0 spiro atoms. The van der Waals surface area contributed by atoms with Crippen molar-refractivity contribution in [2.75, 3.05) is 19.0 Å². The van der Waals surface area contributed by atoms with Crippen LogP contribution >= 0.6 is 0 Å². The van der Waals surface area contributed by atoms with E-state index in [2.05, 4.69) is 22.9 Å². The standard InChI is InChI=1S/C23H31N3O3/c1-6-20(18-10-12-19(29-5)13-11-18)25-17(4)23(28)24-14-21(27)26-22-15(2)8-7-9-16(22)3/h7-13,17,20,25H,6,14H2,1-5H3,(H,24,28)(H,26,27)/t17-,20-/m0/s1. The number of methoxy groups -OCH3 is 1.